The quantitative estimate of drug-likeness (QED) is 0.371. The van der Waals surface area contributed by atoms with Gasteiger partial charge in [0.05, 0.1) is 17.8 Å². The van der Waals surface area contributed by atoms with E-state index in [1.807, 2.05) is 0 Å². The van der Waals surface area contributed by atoms with E-state index in [2.05, 4.69) is 33.4 Å². The Balaban J connectivity index is 2.69. The van der Waals surface area contributed by atoms with Crippen LogP contribution in [0.25, 0.3) is 0 Å². The van der Waals surface area contributed by atoms with Gasteiger partial charge in [0.15, 0.2) is 5.11 Å². The highest BCUT2D eigenvalue weighted by Gasteiger charge is 2.08. The lowest BCUT2D eigenvalue weighted by molar-refractivity contribution is -0.115. The van der Waals surface area contributed by atoms with Gasteiger partial charge in [-0.05, 0) is 31.3 Å². The number of hydrogen-bond donors (Lipinski definition) is 4. The van der Waals surface area contributed by atoms with Crippen molar-refractivity contribution in [2.75, 3.05) is 10.6 Å². The number of nitrogens with one attached hydrogen (secondary N) is 3. The first-order chi connectivity index (χ1) is 9.88. The second-order valence-electron chi connectivity index (χ2n) is 4.27. The number of thiocarbonyl (C=S) groups is 1. The zero-order valence-corrected chi connectivity index (χ0v) is 12.6. The van der Waals surface area contributed by atoms with Crippen molar-refractivity contribution in [1.29, 1.82) is 0 Å². The van der Waals surface area contributed by atoms with Gasteiger partial charge in [0.1, 0.15) is 0 Å². The lowest BCUT2D eigenvalue weighted by Crippen LogP contribution is -2.26. The van der Waals surface area contributed by atoms with Crippen LogP contribution in [0, 0.1) is 0 Å². The van der Waals surface area contributed by atoms with Crippen LogP contribution in [0.2, 0.25) is 0 Å². The van der Waals surface area contributed by atoms with E-state index in [0.717, 1.165) is 0 Å². The number of hydrazone groups is 1. The fourth-order valence-corrected chi connectivity index (χ4v) is 1.55. The molecule has 1 aromatic rings. The third-order valence-electron chi connectivity index (χ3n) is 2.29. The molecule has 1 aromatic carbocycles. The maximum atomic E-state index is 11.9. The Morgan fingerprint density at radius 1 is 1.19 bits per heavy atom. The Bertz CT molecular complexity index is 586. The Morgan fingerprint density at radius 2 is 1.76 bits per heavy atom. The predicted molar refractivity (Wildman–Crippen MR) is 87.0 cm³/mol. The van der Waals surface area contributed by atoms with E-state index in [-0.39, 0.29) is 23.3 Å². The molecule has 0 aromatic heterocycles. The molecular formula is C13H17N5O2S. The van der Waals surface area contributed by atoms with E-state index in [9.17, 15) is 9.59 Å². The predicted octanol–water partition coefficient (Wildman–Crippen LogP) is 1.18. The molecule has 8 heteroatoms. The Morgan fingerprint density at radius 3 is 2.29 bits per heavy atom. The molecular weight excluding hydrogens is 290 g/mol. The molecule has 0 spiro atoms. The van der Waals surface area contributed by atoms with Crippen LogP contribution in [0.1, 0.15) is 20.3 Å². The molecule has 0 radical (unpaired) electrons. The van der Waals surface area contributed by atoms with Gasteiger partial charge >= 0.3 is 0 Å². The fourth-order valence-electron chi connectivity index (χ4n) is 1.51. The number of hydrogen-bond acceptors (Lipinski definition) is 4. The third-order valence-corrected chi connectivity index (χ3v) is 2.38. The summed E-state index contributed by atoms with van der Waals surface area (Å²) in [7, 11) is 0. The summed E-state index contributed by atoms with van der Waals surface area (Å²) in [6.07, 6.45) is 0.0734. The van der Waals surface area contributed by atoms with Gasteiger partial charge in [-0.1, -0.05) is 12.1 Å². The van der Waals surface area contributed by atoms with E-state index in [4.69, 9.17) is 5.73 Å². The number of nitrogens with two attached hydrogens (primary N) is 1. The molecule has 0 atom stereocenters. The van der Waals surface area contributed by atoms with Crippen LogP contribution in [0.4, 0.5) is 11.4 Å². The minimum atomic E-state index is -0.265. The van der Waals surface area contributed by atoms with Gasteiger partial charge in [0.2, 0.25) is 11.8 Å². The van der Waals surface area contributed by atoms with E-state index in [0.29, 0.717) is 17.1 Å². The average molecular weight is 307 g/mol. The van der Waals surface area contributed by atoms with Crippen molar-refractivity contribution >= 4 is 46.2 Å². The first-order valence-corrected chi connectivity index (χ1v) is 6.54. The molecule has 0 aliphatic rings. The summed E-state index contributed by atoms with van der Waals surface area (Å²) in [5.74, 6) is -0.478. The summed E-state index contributed by atoms with van der Waals surface area (Å²) in [6, 6.07) is 6.92. The third kappa shape index (κ3) is 6.48. The summed E-state index contributed by atoms with van der Waals surface area (Å²) in [4.78, 5) is 23.0. The lowest BCUT2D eigenvalue weighted by Gasteiger charge is -2.11. The first-order valence-electron chi connectivity index (χ1n) is 6.13. The average Bonchev–Trinajstić information content (AvgIpc) is 2.38. The molecule has 0 unspecified atom stereocenters. The SMILES string of the molecule is CC(=O)Nc1ccccc1NC(=O)C/C(C)=N\NC(N)=S. The standard InChI is InChI=1S/C13H17N5O2S/c1-8(17-18-13(14)21)7-12(20)16-11-6-4-3-5-10(11)15-9(2)19/h3-6H,7H2,1-2H3,(H,15,19)(H,16,20)(H3,14,18,21)/b17-8-. The van der Waals surface area contributed by atoms with Crippen molar-refractivity contribution < 1.29 is 9.59 Å². The van der Waals surface area contributed by atoms with E-state index in [1.54, 1.807) is 31.2 Å². The second-order valence-corrected chi connectivity index (χ2v) is 4.71. The highest BCUT2D eigenvalue weighted by Crippen LogP contribution is 2.20. The molecule has 7 nitrogen and oxygen atoms in total. The van der Waals surface area contributed by atoms with Crippen LogP contribution < -0.4 is 21.8 Å². The smallest absolute Gasteiger partial charge is 0.230 e. The van der Waals surface area contributed by atoms with E-state index < -0.39 is 0 Å². The molecule has 0 saturated carbocycles. The van der Waals surface area contributed by atoms with Gasteiger partial charge in [0, 0.05) is 12.6 Å². The van der Waals surface area contributed by atoms with E-state index >= 15 is 0 Å². The Kier molecular flexibility index (Phi) is 6.28. The summed E-state index contributed by atoms with van der Waals surface area (Å²) in [5, 5.41) is 9.23. The maximum absolute atomic E-state index is 11.9. The van der Waals surface area contributed by atoms with Crippen LogP contribution in [0.5, 0.6) is 0 Å². The highest BCUT2D eigenvalue weighted by atomic mass is 32.1. The minimum Gasteiger partial charge on any atom is -0.375 e. The molecule has 0 heterocycles. The molecule has 1 rings (SSSR count). The number of benzene rings is 1. The molecule has 21 heavy (non-hydrogen) atoms. The monoisotopic (exact) mass is 307 g/mol. The molecule has 2 amide bonds. The van der Waals surface area contributed by atoms with Crippen molar-refractivity contribution in [2.45, 2.75) is 20.3 Å². The lowest BCUT2D eigenvalue weighted by atomic mass is 10.2. The maximum Gasteiger partial charge on any atom is 0.230 e. The molecule has 0 aliphatic heterocycles. The van der Waals surface area contributed by atoms with Crippen molar-refractivity contribution in [3.8, 4) is 0 Å². The van der Waals surface area contributed by atoms with Crippen LogP contribution >= 0.6 is 12.2 Å². The first kappa shape index (κ1) is 16.6. The van der Waals surface area contributed by atoms with Crippen LogP contribution in [0.15, 0.2) is 29.4 Å². The number of anilines is 2. The number of para-hydroxylation sites is 2. The zero-order valence-electron chi connectivity index (χ0n) is 11.8. The largest absolute Gasteiger partial charge is 0.375 e. The van der Waals surface area contributed by atoms with Crippen molar-refractivity contribution in [3.05, 3.63) is 24.3 Å². The van der Waals surface area contributed by atoms with Gasteiger partial charge in [0.25, 0.3) is 0 Å². The highest BCUT2D eigenvalue weighted by molar-refractivity contribution is 7.80. The van der Waals surface area contributed by atoms with Crippen LogP contribution in [-0.4, -0.2) is 22.6 Å². The summed E-state index contributed by atoms with van der Waals surface area (Å²) >= 11 is 4.61. The molecule has 0 aliphatic carbocycles. The molecule has 0 saturated heterocycles. The van der Waals surface area contributed by atoms with Crippen LogP contribution in [0.3, 0.4) is 0 Å². The second kappa shape index (κ2) is 7.95. The molecule has 112 valence electrons. The number of rotatable bonds is 5. The Hall–Kier alpha value is -2.48. The van der Waals surface area contributed by atoms with Crippen molar-refractivity contribution in [2.24, 2.45) is 10.8 Å². The number of carbonyl (C=O) groups excluding carboxylic acids is 2. The van der Waals surface area contributed by atoms with Gasteiger partial charge in [-0.15, -0.1) is 0 Å². The van der Waals surface area contributed by atoms with Gasteiger partial charge in [-0.25, -0.2) is 0 Å². The normalized spacial score (nSPS) is 10.7. The summed E-state index contributed by atoms with van der Waals surface area (Å²) < 4.78 is 0. The topological polar surface area (TPSA) is 109 Å². The van der Waals surface area contributed by atoms with Crippen molar-refractivity contribution in [3.63, 3.8) is 0 Å². The van der Waals surface area contributed by atoms with E-state index in [1.165, 1.54) is 6.92 Å². The van der Waals surface area contributed by atoms with Crippen LogP contribution in [-0.2, 0) is 9.59 Å². The number of amides is 2. The zero-order chi connectivity index (χ0) is 15.8. The van der Waals surface area contributed by atoms with Gasteiger partial charge < -0.3 is 16.4 Å². The number of nitrogens with zero attached hydrogens (tertiary/aromatic N) is 1. The molecule has 0 bridgehead atoms. The minimum absolute atomic E-state index is 0.0331. The molecule has 0 fully saturated rings. The Labute approximate surface area is 128 Å². The fraction of sp³-hybridized carbons (Fsp3) is 0.231. The van der Waals surface area contributed by atoms with Gasteiger partial charge in [-0.2, -0.15) is 5.10 Å². The summed E-state index contributed by atoms with van der Waals surface area (Å²) in [5.41, 5.74) is 9.23. The number of carbonyl (C=O) groups is 2. The molecule has 5 N–H and O–H groups in total. The summed E-state index contributed by atoms with van der Waals surface area (Å²) in [6.45, 7) is 3.07. The van der Waals surface area contributed by atoms with Gasteiger partial charge in [-0.3, -0.25) is 15.0 Å². The van der Waals surface area contributed by atoms with Crippen molar-refractivity contribution in [1.82, 2.24) is 5.43 Å².